The minimum Gasteiger partial charge on any atom is -0.462 e. The normalized spacial score (nSPS) is 13.2. The number of esters is 2. The summed E-state index contributed by atoms with van der Waals surface area (Å²) >= 11 is 6.86. The predicted octanol–water partition coefficient (Wildman–Crippen LogP) is 32.4. The molecule has 4 aromatic carbocycles. The molecule has 4 heterocycles. The van der Waals surface area contributed by atoms with E-state index in [2.05, 4.69) is 151 Å². The quantitative estimate of drug-likeness (QED) is 0.0282. The molecule has 562 valence electrons. The van der Waals surface area contributed by atoms with Crippen LogP contribution in [0, 0.1) is 0 Å². The molecule has 104 heavy (non-hydrogen) atoms. The van der Waals surface area contributed by atoms with Crippen molar-refractivity contribution in [3.63, 3.8) is 0 Å². The fraction of sp³-hybridized carbons (Fsp3) is 0.562. The molecule has 0 radical (unpaired) electrons. The Kier molecular flexibility index (Phi) is 34.0. The lowest BCUT2D eigenvalue weighted by atomic mass is 9.69. The van der Waals surface area contributed by atoms with E-state index in [9.17, 15) is 9.59 Å². The molecule has 0 fully saturated rings. The molecule has 8 heteroatoms. The van der Waals surface area contributed by atoms with Crippen molar-refractivity contribution in [1.29, 1.82) is 0 Å². The summed E-state index contributed by atoms with van der Waals surface area (Å²) < 4.78 is 11.7. The van der Waals surface area contributed by atoms with Crippen LogP contribution in [0.4, 0.5) is 0 Å². The van der Waals surface area contributed by atoms with Crippen LogP contribution in [0.1, 0.15) is 366 Å². The number of hydrogen-bond donors (Lipinski definition) is 0. The maximum Gasteiger partial charge on any atom is 0.348 e. The number of rotatable bonds is 53. The lowest BCUT2D eigenvalue weighted by molar-refractivity contribution is 0.0494. The van der Waals surface area contributed by atoms with E-state index in [0.717, 1.165) is 35.4 Å². The fourth-order valence-electron chi connectivity index (χ4n) is 17.2. The maximum atomic E-state index is 13.3. The Morgan fingerprint density at radius 2 is 0.481 bits per heavy atom. The van der Waals surface area contributed by atoms with Crippen molar-refractivity contribution in [3.8, 4) is 73.8 Å². The molecule has 0 amide bonds. The van der Waals surface area contributed by atoms with Gasteiger partial charge in [0.05, 0.1) is 13.2 Å². The molecule has 4 aromatic heterocycles. The van der Waals surface area contributed by atoms with Crippen LogP contribution in [-0.4, -0.2) is 25.2 Å². The minimum absolute atomic E-state index is 0.0989. The third-order valence-corrected chi connectivity index (χ3v) is 28.0. The Morgan fingerprint density at radius 1 is 0.250 bits per heavy atom. The molecule has 8 aromatic rings. The predicted molar refractivity (Wildman–Crippen MR) is 455 cm³/mol. The summed E-state index contributed by atoms with van der Waals surface area (Å²) in [5, 5.41) is 0. The summed E-state index contributed by atoms with van der Waals surface area (Å²) in [5.41, 5.74) is 17.0. The van der Waals surface area contributed by atoms with Gasteiger partial charge < -0.3 is 9.47 Å². The van der Waals surface area contributed by atoms with E-state index in [0.29, 0.717) is 23.0 Å². The third kappa shape index (κ3) is 21.9. The summed E-state index contributed by atoms with van der Waals surface area (Å²) in [4.78, 5) is 35.3. The summed E-state index contributed by atoms with van der Waals surface area (Å²) in [5.74, 6) is -0.378. The molecule has 0 bridgehead atoms. The van der Waals surface area contributed by atoms with Gasteiger partial charge in [-0.1, -0.05) is 334 Å². The van der Waals surface area contributed by atoms with Crippen LogP contribution in [0.3, 0.4) is 0 Å². The summed E-state index contributed by atoms with van der Waals surface area (Å²) in [6.45, 7) is 14.9. The molecule has 0 saturated carbocycles. The number of fused-ring (bicyclic) bond motifs is 6. The lowest BCUT2D eigenvalue weighted by Crippen LogP contribution is -2.26. The van der Waals surface area contributed by atoms with Gasteiger partial charge in [0.1, 0.15) is 9.75 Å². The molecule has 0 atom stereocenters. The van der Waals surface area contributed by atoms with E-state index in [-0.39, 0.29) is 22.8 Å². The van der Waals surface area contributed by atoms with Crippen molar-refractivity contribution in [3.05, 3.63) is 153 Å². The molecule has 0 N–H and O–H groups in total. The highest BCUT2D eigenvalue weighted by atomic mass is 32.1. The van der Waals surface area contributed by atoms with Gasteiger partial charge >= 0.3 is 11.9 Å². The van der Waals surface area contributed by atoms with E-state index in [4.69, 9.17) is 9.47 Å². The Balaban J connectivity index is 0.961. The average Bonchev–Trinajstić information content (AvgIpc) is 1.56. The second-order valence-electron chi connectivity index (χ2n) is 31.2. The number of benzene rings is 4. The van der Waals surface area contributed by atoms with Gasteiger partial charge in [-0.2, -0.15) is 0 Å². The first kappa shape index (κ1) is 81.1. The number of thiophene rings is 4. The highest BCUT2D eigenvalue weighted by Gasteiger charge is 2.45. The zero-order chi connectivity index (χ0) is 72.6. The Morgan fingerprint density at radius 3 is 0.779 bits per heavy atom. The molecule has 0 spiro atoms. The smallest absolute Gasteiger partial charge is 0.348 e. The second kappa shape index (κ2) is 43.6. The standard InChI is InChI=1S/C96H130O4S4/c1-7-13-19-25-31-33-39-45-67-99-93(97)91-61-59-89(103-91)87-57-55-85(101-87)75-49-53-79-77-51-47-73(69-81(77)95(83(79)71-75,63-41-35-27-21-15-9-3)64-42-36-28-22-16-10-4)74-48-52-78-80-54-50-76(72-84(80)96(82(78)70-74,65-43-37-29-23-17-11-5)66-44-38-30-24-18-12-6)86-56-58-88(102-86)90-60-62-92(104-90)94(98)100-68-46-40-34-32-26-20-14-8-2/h47-62,69-72H,7-46,63-68H2,1-6H3. The second-order valence-corrected chi connectivity index (χ2v) is 35.5. The largest absolute Gasteiger partial charge is 0.462 e. The monoisotopic (exact) mass is 1470 g/mol. The molecule has 2 aliphatic carbocycles. The average molecular weight is 1480 g/mol. The number of carbonyl (C=O) groups excluding carboxylic acids is 2. The van der Waals surface area contributed by atoms with Gasteiger partial charge in [-0.25, -0.2) is 9.59 Å². The lowest BCUT2D eigenvalue weighted by Gasteiger charge is -2.34. The van der Waals surface area contributed by atoms with E-state index in [1.54, 1.807) is 33.8 Å². The van der Waals surface area contributed by atoms with Crippen LogP contribution >= 0.6 is 45.3 Å². The van der Waals surface area contributed by atoms with Crippen LogP contribution in [0.2, 0.25) is 0 Å². The van der Waals surface area contributed by atoms with Crippen molar-refractivity contribution in [2.24, 2.45) is 0 Å². The molecule has 0 unspecified atom stereocenters. The first-order valence-corrected chi connectivity index (χ1v) is 45.8. The number of ether oxygens (including phenoxy) is 2. The summed E-state index contributed by atoms with van der Waals surface area (Å²) in [6, 6.07) is 48.0. The zero-order valence-electron chi connectivity index (χ0n) is 65.3. The Labute approximate surface area is 646 Å². The van der Waals surface area contributed by atoms with Crippen molar-refractivity contribution in [2.75, 3.05) is 13.2 Å². The van der Waals surface area contributed by atoms with E-state index in [1.807, 2.05) is 34.8 Å². The van der Waals surface area contributed by atoms with E-state index >= 15 is 0 Å². The molecular formula is C96H130O4S4. The van der Waals surface area contributed by atoms with Gasteiger partial charge in [0.2, 0.25) is 0 Å². The fourth-order valence-corrected chi connectivity index (χ4v) is 21.2. The van der Waals surface area contributed by atoms with Crippen molar-refractivity contribution < 1.29 is 19.1 Å². The molecule has 2 aliphatic rings. The highest BCUT2D eigenvalue weighted by molar-refractivity contribution is 7.25. The van der Waals surface area contributed by atoms with Gasteiger partial charge in [0, 0.05) is 40.1 Å². The number of unbranched alkanes of at least 4 members (excludes halogenated alkanes) is 34. The van der Waals surface area contributed by atoms with Crippen LogP contribution in [0.15, 0.2) is 121 Å². The van der Waals surface area contributed by atoms with E-state index < -0.39 is 0 Å². The van der Waals surface area contributed by atoms with Crippen LogP contribution in [-0.2, 0) is 20.3 Å². The first-order valence-electron chi connectivity index (χ1n) is 42.5. The topological polar surface area (TPSA) is 52.6 Å². The third-order valence-electron chi connectivity index (χ3n) is 23.2. The van der Waals surface area contributed by atoms with Crippen LogP contribution < -0.4 is 0 Å². The van der Waals surface area contributed by atoms with Gasteiger partial charge in [-0.05, 0) is 178 Å². The SMILES string of the molecule is CCCCCCCCCCOC(=O)c1ccc(-c2ccc(-c3ccc4c(c3)C(CCCCCCCC)(CCCCCCCC)c3cc(-c5ccc6c(c5)C(CCCCCCCC)(CCCCCCCC)c5cc(-c7ccc(-c8ccc(C(=O)OCCCCCCCCCC)s8)s7)ccc5-6)ccc3-4)s2)s1. The molecule has 4 nitrogen and oxygen atoms in total. The molecule has 10 rings (SSSR count). The van der Waals surface area contributed by atoms with Crippen LogP contribution in [0.25, 0.3) is 73.8 Å². The number of carbonyl (C=O) groups is 2. The summed E-state index contributed by atoms with van der Waals surface area (Å²) in [6.07, 6.45) is 55.2. The zero-order valence-corrected chi connectivity index (χ0v) is 68.6. The van der Waals surface area contributed by atoms with E-state index in [1.165, 1.54) is 332 Å². The Hall–Kier alpha value is -5.38. The maximum absolute atomic E-state index is 13.3. The van der Waals surface area contributed by atoms with Gasteiger partial charge in [0.25, 0.3) is 0 Å². The van der Waals surface area contributed by atoms with Gasteiger partial charge in [-0.15, -0.1) is 45.3 Å². The molecular weight excluding hydrogens is 1350 g/mol. The highest BCUT2D eigenvalue weighted by Crippen LogP contribution is 2.59. The first-order chi connectivity index (χ1) is 51.2. The molecule has 0 saturated heterocycles. The summed E-state index contributed by atoms with van der Waals surface area (Å²) in [7, 11) is 0. The number of hydrogen-bond acceptors (Lipinski definition) is 8. The van der Waals surface area contributed by atoms with Crippen molar-refractivity contribution in [2.45, 2.75) is 335 Å². The van der Waals surface area contributed by atoms with Gasteiger partial charge in [0.15, 0.2) is 0 Å². The molecule has 0 aliphatic heterocycles. The van der Waals surface area contributed by atoms with Gasteiger partial charge in [-0.3, -0.25) is 0 Å². The van der Waals surface area contributed by atoms with Crippen molar-refractivity contribution >= 4 is 57.3 Å². The Bertz CT molecular complexity index is 3570. The van der Waals surface area contributed by atoms with Crippen LogP contribution in [0.5, 0.6) is 0 Å². The van der Waals surface area contributed by atoms with Crippen molar-refractivity contribution in [1.82, 2.24) is 0 Å². The minimum atomic E-state index is -0.189.